The molecule has 0 saturated carbocycles. The largest absolute Gasteiger partial charge is 0.378 e. The van der Waals surface area contributed by atoms with Gasteiger partial charge < -0.3 is 20.1 Å². The quantitative estimate of drug-likeness (QED) is 0.588. The predicted molar refractivity (Wildman–Crippen MR) is 87.3 cm³/mol. The van der Waals surface area contributed by atoms with Gasteiger partial charge in [-0.2, -0.15) is 0 Å². The van der Waals surface area contributed by atoms with Crippen LogP contribution >= 0.6 is 0 Å². The van der Waals surface area contributed by atoms with E-state index < -0.39 is 0 Å². The Kier molecular flexibility index (Phi) is 4.90. The molecular formula is C16H30N4O2. The van der Waals surface area contributed by atoms with Crippen LogP contribution in [0.1, 0.15) is 33.1 Å². The van der Waals surface area contributed by atoms with Gasteiger partial charge in [-0.3, -0.25) is 9.89 Å². The van der Waals surface area contributed by atoms with Gasteiger partial charge in [-0.05, 0) is 33.1 Å². The number of nitrogens with one attached hydrogen (secondary N) is 2. The van der Waals surface area contributed by atoms with Crippen molar-refractivity contribution in [1.29, 1.82) is 0 Å². The summed E-state index contributed by atoms with van der Waals surface area (Å²) in [4.78, 5) is 6.83. The van der Waals surface area contributed by atoms with Gasteiger partial charge in [0.25, 0.3) is 0 Å². The van der Waals surface area contributed by atoms with Crippen molar-refractivity contribution in [3.63, 3.8) is 0 Å². The van der Waals surface area contributed by atoms with Crippen molar-refractivity contribution < 1.29 is 9.47 Å². The molecule has 3 saturated heterocycles. The van der Waals surface area contributed by atoms with Gasteiger partial charge in [-0.1, -0.05) is 0 Å². The smallest absolute Gasteiger partial charge is 0.191 e. The fraction of sp³-hybridized carbons (Fsp3) is 0.938. The molecule has 0 aromatic rings. The molecule has 2 N–H and O–H groups in total. The molecule has 3 aliphatic heterocycles. The normalized spacial score (nSPS) is 34.9. The maximum Gasteiger partial charge on any atom is 0.191 e. The molecule has 6 heteroatoms. The Morgan fingerprint density at radius 3 is 2.86 bits per heavy atom. The van der Waals surface area contributed by atoms with E-state index in [1.165, 1.54) is 12.8 Å². The topological polar surface area (TPSA) is 58.1 Å². The Bertz CT molecular complexity index is 413. The van der Waals surface area contributed by atoms with Crippen LogP contribution in [0, 0.1) is 0 Å². The minimum absolute atomic E-state index is 0.120. The van der Waals surface area contributed by atoms with Crippen molar-refractivity contribution in [2.45, 2.75) is 56.9 Å². The van der Waals surface area contributed by atoms with Gasteiger partial charge in [-0.15, -0.1) is 0 Å². The molecule has 0 aromatic heterocycles. The summed E-state index contributed by atoms with van der Waals surface area (Å²) in [7, 11) is 1.84. The van der Waals surface area contributed by atoms with Crippen LogP contribution in [0.2, 0.25) is 0 Å². The predicted octanol–water partition coefficient (Wildman–Crippen LogP) is 0.582. The second kappa shape index (κ2) is 6.72. The van der Waals surface area contributed by atoms with Crippen LogP contribution in [0.5, 0.6) is 0 Å². The fourth-order valence-electron chi connectivity index (χ4n) is 3.77. The Hall–Kier alpha value is -0.850. The fourth-order valence-corrected chi connectivity index (χ4v) is 3.77. The standard InChI is InChI=1S/C16H30N4O2/c1-16(2)11-21-9-8-20(16)7-6-18-15(17-3)19-13-10-12-4-5-14(13)22-12/h12-14H,4-11H2,1-3H3,(H2,17,18,19). The highest BCUT2D eigenvalue weighted by Gasteiger charge is 2.41. The Morgan fingerprint density at radius 2 is 2.23 bits per heavy atom. The Balaban J connectivity index is 1.42. The lowest BCUT2D eigenvalue weighted by Crippen LogP contribution is -2.55. The van der Waals surface area contributed by atoms with Crippen LogP contribution in [0.4, 0.5) is 0 Å². The third-order valence-corrected chi connectivity index (χ3v) is 5.14. The highest BCUT2D eigenvalue weighted by Crippen LogP contribution is 2.34. The van der Waals surface area contributed by atoms with Crippen LogP contribution in [0.15, 0.2) is 4.99 Å². The SMILES string of the molecule is CN=C(NCCN1CCOCC1(C)C)NC1CC2CCC1O2. The van der Waals surface area contributed by atoms with E-state index in [1.807, 2.05) is 7.05 Å². The van der Waals surface area contributed by atoms with Gasteiger partial charge in [0.15, 0.2) is 5.96 Å². The molecule has 3 heterocycles. The van der Waals surface area contributed by atoms with E-state index in [4.69, 9.17) is 9.47 Å². The third kappa shape index (κ3) is 3.55. The average Bonchev–Trinajstić information content (AvgIpc) is 3.10. The van der Waals surface area contributed by atoms with Crippen LogP contribution in [-0.4, -0.2) is 74.5 Å². The number of hydrogen-bond acceptors (Lipinski definition) is 4. The maximum absolute atomic E-state index is 5.89. The maximum atomic E-state index is 5.89. The first-order chi connectivity index (χ1) is 10.6. The van der Waals surface area contributed by atoms with Crippen LogP contribution in [0.25, 0.3) is 0 Å². The second-order valence-corrected chi connectivity index (χ2v) is 7.21. The van der Waals surface area contributed by atoms with Crippen molar-refractivity contribution in [2.24, 2.45) is 4.99 Å². The lowest BCUT2D eigenvalue weighted by atomic mass is 9.96. The molecule has 3 unspecified atom stereocenters. The summed E-state index contributed by atoms with van der Waals surface area (Å²) in [6.45, 7) is 9.02. The van der Waals surface area contributed by atoms with E-state index in [-0.39, 0.29) is 5.54 Å². The first kappa shape index (κ1) is 16.0. The number of rotatable bonds is 4. The molecule has 6 nitrogen and oxygen atoms in total. The van der Waals surface area contributed by atoms with Gasteiger partial charge in [0.05, 0.1) is 31.5 Å². The Labute approximate surface area is 133 Å². The summed E-state index contributed by atoms with van der Waals surface area (Å²) in [6.07, 6.45) is 4.36. The molecule has 0 amide bonds. The van der Waals surface area contributed by atoms with Crippen molar-refractivity contribution in [3.8, 4) is 0 Å². The van der Waals surface area contributed by atoms with Gasteiger partial charge in [-0.25, -0.2) is 0 Å². The number of fused-ring (bicyclic) bond motifs is 2. The number of aliphatic imine (C=N–C) groups is 1. The molecule has 3 fully saturated rings. The molecule has 0 aromatic carbocycles. The molecule has 2 bridgehead atoms. The van der Waals surface area contributed by atoms with Crippen molar-refractivity contribution >= 4 is 5.96 Å². The number of morpholine rings is 1. The minimum Gasteiger partial charge on any atom is -0.378 e. The minimum atomic E-state index is 0.120. The molecule has 126 valence electrons. The zero-order valence-corrected chi connectivity index (χ0v) is 14.1. The highest BCUT2D eigenvalue weighted by atomic mass is 16.5. The molecule has 3 atom stereocenters. The molecule has 0 spiro atoms. The summed E-state index contributed by atoms with van der Waals surface area (Å²) < 4.78 is 11.5. The van der Waals surface area contributed by atoms with Crippen molar-refractivity contribution in [1.82, 2.24) is 15.5 Å². The second-order valence-electron chi connectivity index (χ2n) is 7.21. The van der Waals surface area contributed by atoms with E-state index in [2.05, 4.69) is 34.4 Å². The Morgan fingerprint density at radius 1 is 1.36 bits per heavy atom. The lowest BCUT2D eigenvalue weighted by molar-refractivity contribution is -0.0496. The first-order valence-corrected chi connectivity index (χ1v) is 8.54. The van der Waals surface area contributed by atoms with Crippen LogP contribution < -0.4 is 10.6 Å². The van der Waals surface area contributed by atoms with E-state index in [0.717, 1.165) is 45.2 Å². The summed E-state index contributed by atoms with van der Waals surface area (Å²) in [5, 5.41) is 6.97. The van der Waals surface area contributed by atoms with Gasteiger partial charge >= 0.3 is 0 Å². The van der Waals surface area contributed by atoms with Gasteiger partial charge in [0.2, 0.25) is 0 Å². The summed E-state index contributed by atoms with van der Waals surface area (Å²) >= 11 is 0. The lowest BCUT2D eigenvalue weighted by Gasteiger charge is -2.42. The first-order valence-electron chi connectivity index (χ1n) is 8.54. The van der Waals surface area contributed by atoms with Gasteiger partial charge in [0, 0.05) is 32.2 Å². The molecular weight excluding hydrogens is 280 g/mol. The summed E-state index contributed by atoms with van der Waals surface area (Å²) in [6, 6.07) is 0.421. The molecule has 0 aliphatic carbocycles. The number of nitrogens with zero attached hydrogens (tertiary/aromatic N) is 2. The number of guanidine groups is 1. The number of ether oxygens (including phenoxy) is 2. The van der Waals surface area contributed by atoms with Crippen molar-refractivity contribution in [2.75, 3.05) is 39.9 Å². The third-order valence-electron chi connectivity index (χ3n) is 5.14. The van der Waals surface area contributed by atoms with Gasteiger partial charge in [0.1, 0.15) is 0 Å². The van der Waals surface area contributed by atoms with E-state index in [1.54, 1.807) is 0 Å². The molecule has 0 radical (unpaired) electrons. The zero-order valence-electron chi connectivity index (χ0n) is 14.1. The molecule has 3 rings (SSSR count). The summed E-state index contributed by atoms with van der Waals surface area (Å²) in [5.74, 6) is 0.896. The van der Waals surface area contributed by atoms with E-state index in [9.17, 15) is 0 Å². The number of hydrogen-bond donors (Lipinski definition) is 2. The van der Waals surface area contributed by atoms with Crippen LogP contribution in [-0.2, 0) is 9.47 Å². The molecule has 22 heavy (non-hydrogen) atoms. The average molecular weight is 310 g/mol. The van der Waals surface area contributed by atoms with Crippen molar-refractivity contribution in [3.05, 3.63) is 0 Å². The van der Waals surface area contributed by atoms with E-state index >= 15 is 0 Å². The highest BCUT2D eigenvalue weighted by molar-refractivity contribution is 5.80. The van der Waals surface area contributed by atoms with E-state index in [0.29, 0.717) is 18.2 Å². The van der Waals surface area contributed by atoms with Crippen LogP contribution in [0.3, 0.4) is 0 Å². The monoisotopic (exact) mass is 310 g/mol. The molecule has 3 aliphatic rings. The summed E-state index contributed by atoms with van der Waals surface area (Å²) in [5.41, 5.74) is 0.120. The zero-order chi connectivity index (χ0) is 15.6.